The Labute approximate surface area is 150 Å². The maximum atomic E-state index is 6.06. The first-order valence-corrected chi connectivity index (χ1v) is 8.61. The fourth-order valence-corrected chi connectivity index (χ4v) is 2.70. The minimum absolute atomic E-state index is 0.00595. The van der Waals surface area contributed by atoms with Crippen LogP contribution in [0.3, 0.4) is 0 Å². The van der Waals surface area contributed by atoms with E-state index in [1.165, 1.54) is 11.1 Å². The molecule has 0 fully saturated rings. The van der Waals surface area contributed by atoms with E-state index in [0.717, 1.165) is 29.8 Å². The van der Waals surface area contributed by atoms with E-state index in [1.807, 2.05) is 26.0 Å². The number of nitrogens with zero attached hydrogens (tertiary/aromatic N) is 2. The molecule has 0 aliphatic carbocycles. The number of ether oxygens (including phenoxy) is 3. The number of benzene rings is 1. The van der Waals surface area contributed by atoms with Crippen LogP contribution in [0.2, 0.25) is 0 Å². The summed E-state index contributed by atoms with van der Waals surface area (Å²) in [4.78, 5) is 9.12. The van der Waals surface area contributed by atoms with Crippen molar-refractivity contribution in [1.29, 1.82) is 0 Å². The van der Waals surface area contributed by atoms with Crippen LogP contribution in [-0.2, 0) is 11.2 Å². The molecule has 1 aromatic carbocycles. The second-order valence-corrected chi connectivity index (χ2v) is 6.22. The highest BCUT2D eigenvalue weighted by molar-refractivity contribution is 5.39. The lowest BCUT2D eigenvalue weighted by molar-refractivity contribution is 0.0748. The quantitative estimate of drug-likeness (QED) is 0.729. The molecule has 2 rings (SSSR count). The van der Waals surface area contributed by atoms with Crippen LogP contribution in [-0.4, -0.2) is 36.9 Å². The van der Waals surface area contributed by atoms with Gasteiger partial charge in [-0.3, -0.25) is 0 Å². The van der Waals surface area contributed by atoms with Crippen molar-refractivity contribution in [2.24, 2.45) is 0 Å². The summed E-state index contributed by atoms with van der Waals surface area (Å²) >= 11 is 0. The van der Waals surface area contributed by atoms with Gasteiger partial charge < -0.3 is 14.2 Å². The Morgan fingerprint density at radius 1 is 1.08 bits per heavy atom. The topological polar surface area (TPSA) is 53.5 Å². The van der Waals surface area contributed by atoms with E-state index in [4.69, 9.17) is 14.2 Å². The standard InChI is InChI=1S/C20H28N2O3/c1-7-17(12-23-5)25-20-14(3)19(21-15(4)22-20)11-16-8-9-18(24-6)10-13(16)2/h8-10,17H,7,11-12H2,1-6H3. The summed E-state index contributed by atoms with van der Waals surface area (Å²) in [5.41, 5.74) is 4.37. The molecule has 1 unspecified atom stereocenters. The molecule has 0 N–H and O–H groups in total. The molecule has 1 atom stereocenters. The third-order valence-corrected chi connectivity index (χ3v) is 4.31. The van der Waals surface area contributed by atoms with Crippen molar-refractivity contribution in [3.05, 3.63) is 46.4 Å². The molecule has 1 heterocycles. The van der Waals surface area contributed by atoms with Crippen molar-refractivity contribution in [3.63, 3.8) is 0 Å². The van der Waals surface area contributed by atoms with E-state index < -0.39 is 0 Å². The molecule has 0 saturated carbocycles. The van der Waals surface area contributed by atoms with Crippen molar-refractivity contribution >= 4 is 0 Å². The van der Waals surface area contributed by atoms with Crippen LogP contribution in [0.25, 0.3) is 0 Å². The molecular weight excluding hydrogens is 316 g/mol. The SMILES string of the molecule is CCC(COC)Oc1nc(C)nc(Cc2ccc(OC)cc2C)c1C. The predicted octanol–water partition coefficient (Wildman–Crippen LogP) is 3.81. The maximum Gasteiger partial charge on any atom is 0.220 e. The zero-order chi connectivity index (χ0) is 18.4. The highest BCUT2D eigenvalue weighted by atomic mass is 16.5. The summed E-state index contributed by atoms with van der Waals surface area (Å²) in [7, 11) is 3.36. The fourth-order valence-electron chi connectivity index (χ4n) is 2.70. The number of hydrogen-bond donors (Lipinski definition) is 0. The third kappa shape index (κ3) is 4.92. The summed E-state index contributed by atoms with van der Waals surface area (Å²) in [6, 6.07) is 6.11. The minimum Gasteiger partial charge on any atom is -0.497 e. The third-order valence-electron chi connectivity index (χ3n) is 4.31. The van der Waals surface area contributed by atoms with E-state index in [9.17, 15) is 0 Å². The summed E-state index contributed by atoms with van der Waals surface area (Å²) in [5.74, 6) is 2.23. The van der Waals surface area contributed by atoms with Crippen LogP contribution in [0, 0.1) is 20.8 Å². The van der Waals surface area contributed by atoms with Crippen molar-refractivity contribution in [2.45, 2.75) is 46.6 Å². The molecule has 0 aliphatic heterocycles. The maximum absolute atomic E-state index is 6.06. The summed E-state index contributed by atoms with van der Waals surface area (Å²) in [5, 5.41) is 0. The monoisotopic (exact) mass is 344 g/mol. The molecule has 1 aromatic heterocycles. The molecule has 0 saturated heterocycles. The molecule has 25 heavy (non-hydrogen) atoms. The van der Waals surface area contributed by atoms with Crippen molar-refractivity contribution in [1.82, 2.24) is 9.97 Å². The van der Waals surface area contributed by atoms with Crippen LogP contribution < -0.4 is 9.47 Å². The zero-order valence-electron chi connectivity index (χ0n) is 16.0. The first-order valence-electron chi connectivity index (χ1n) is 8.61. The predicted molar refractivity (Wildman–Crippen MR) is 98.6 cm³/mol. The average molecular weight is 344 g/mol. The number of rotatable bonds is 8. The van der Waals surface area contributed by atoms with Gasteiger partial charge in [0.2, 0.25) is 5.88 Å². The number of hydrogen-bond acceptors (Lipinski definition) is 5. The van der Waals surface area contributed by atoms with Gasteiger partial charge in [-0.2, -0.15) is 4.98 Å². The molecule has 0 aliphatic rings. The smallest absolute Gasteiger partial charge is 0.220 e. The first-order chi connectivity index (χ1) is 12.0. The lowest BCUT2D eigenvalue weighted by Gasteiger charge is -2.19. The summed E-state index contributed by atoms with van der Waals surface area (Å²) < 4.78 is 16.6. The van der Waals surface area contributed by atoms with Crippen molar-refractivity contribution in [3.8, 4) is 11.6 Å². The second kappa shape index (κ2) is 8.81. The van der Waals surface area contributed by atoms with Gasteiger partial charge in [-0.05, 0) is 50.5 Å². The Balaban J connectivity index is 2.29. The fraction of sp³-hybridized carbons (Fsp3) is 0.500. The Morgan fingerprint density at radius 3 is 2.44 bits per heavy atom. The van der Waals surface area contributed by atoms with Crippen LogP contribution in [0.4, 0.5) is 0 Å². The summed E-state index contributed by atoms with van der Waals surface area (Å²) in [6.45, 7) is 8.63. The highest BCUT2D eigenvalue weighted by Crippen LogP contribution is 2.24. The lowest BCUT2D eigenvalue weighted by atomic mass is 10.0. The first kappa shape index (κ1) is 19.2. The Hall–Kier alpha value is -2.14. The Morgan fingerprint density at radius 2 is 1.84 bits per heavy atom. The van der Waals surface area contributed by atoms with Gasteiger partial charge in [0.05, 0.1) is 19.4 Å². The van der Waals surface area contributed by atoms with Gasteiger partial charge in [-0.15, -0.1) is 0 Å². The van der Waals surface area contributed by atoms with E-state index in [1.54, 1.807) is 14.2 Å². The Kier molecular flexibility index (Phi) is 6.76. The Bertz CT molecular complexity index is 716. The van der Waals surface area contributed by atoms with E-state index >= 15 is 0 Å². The highest BCUT2D eigenvalue weighted by Gasteiger charge is 2.16. The number of aryl methyl sites for hydroxylation is 2. The number of aromatic nitrogens is 2. The molecule has 5 heteroatoms. The normalized spacial score (nSPS) is 12.1. The van der Waals surface area contributed by atoms with Crippen LogP contribution >= 0.6 is 0 Å². The van der Waals surface area contributed by atoms with Crippen LogP contribution in [0.15, 0.2) is 18.2 Å². The van der Waals surface area contributed by atoms with Gasteiger partial charge in [0.1, 0.15) is 17.7 Å². The van der Waals surface area contributed by atoms with Gasteiger partial charge in [-0.25, -0.2) is 4.98 Å². The van der Waals surface area contributed by atoms with Gasteiger partial charge in [0.25, 0.3) is 0 Å². The van der Waals surface area contributed by atoms with Crippen LogP contribution in [0.5, 0.6) is 11.6 Å². The van der Waals surface area contributed by atoms with Crippen molar-refractivity contribution < 1.29 is 14.2 Å². The molecule has 0 amide bonds. The van der Waals surface area contributed by atoms with E-state index in [2.05, 4.69) is 29.9 Å². The van der Waals surface area contributed by atoms with Gasteiger partial charge in [-0.1, -0.05) is 13.0 Å². The second-order valence-electron chi connectivity index (χ2n) is 6.22. The zero-order valence-corrected chi connectivity index (χ0v) is 16.0. The minimum atomic E-state index is -0.00595. The molecule has 5 nitrogen and oxygen atoms in total. The number of methoxy groups -OCH3 is 2. The summed E-state index contributed by atoms with van der Waals surface area (Å²) in [6.07, 6.45) is 1.60. The largest absolute Gasteiger partial charge is 0.497 e. The molecule has 136 valence electrons. The van der Waals surface area contributed by atoms with Crippen LogP contribution in [0.1, 0.15) is 41.6 Å². The van der Waals surface area contributed by atoms with Gasteiger partial charge in [0.15, 0.2) is 0 Å². The molecule has 0 spiro atoms. The average Bonchev–Trinajstić information content (AvgIpc) is 2.59. The van der Waals surface area contributed by atoms with E-state index in [0.29, 0.717) is 18.3 Å². The molecular formula is C20H28N2O3. The van der Waals surface area contributed by atoms with Gasteiger partial charge in [0, 0.05) is 19.1 Å². The molecule has 2 aromatic rings. The van der Waals surface area contributed by atoms with E-state index in [-0.39, 0.29) is 6.10 Å². The molecule has 0 bridgehead atoms. The van der Waals surface area contributed by atoms with Gasteiger partial charge >= 0.3 is 0 Å². The van der Waals surface area contributed by atoms with Crippen molar-refractivity contribution in [2.75, 3.05) is 20.8 Å². The lowest BCUT2D eigenvalue weighted by Crippen LogP contribution is -2.23. The molecule has 0 radical (unpaired) electrons.